The van der Waals surface area contributed by atoms with E-state index in [4.69, 9.17) is 5.11 Å². The standard InChI is InChI=1S/C14H13N3O4/c18-14(19)9-5-7-16(8-9)11-4-6-15-13-10(11)2-1-3-12(13)17(20)21/h1-4,6,9H,5,7-8H2,(H,18,19). The van der Waals surface area contributed by atoms with Crippen molar-refractivity contribution in [1.82, 2.24) is 4.98 Å². The van der Waals surface area contributed by atoms with Crippen LogP contribution in [0.2, 0.25) is 0 Å². The number of para-hydroxylation sites is 1. The quantitative estimate of drug-likeness (QED) is 0.685. The monoisotopic (exact) mass is 287 g/mol. The van der Waals surface area contributed by atoms with Gasteiger partial charge in [0.25, 0.3) is 5.69 Å². The van der Waals surface area contributed by atoms with Crippen LogP contribution in [-0.4, -0.2) is 34.1 Å². The van der Waals surface area contributed by atoms with E-state index in [1.54, 1.807) is 18.2 Å². The lowest BCUT2D eigenvalue weighted by Crippen LogP contribution is -2.22. The number of hydrogen-bond donors (Lipinski definition) is 1. The van der Waals surface area contributed by atoms with E-state index in [9.17, 15) is 14.9 Å². The molecule has 1 saturated heterocycles. The van der Waals surface area contributed by atoms with Crippen molar-refractivity contribution in [2.45, 2.75) is 6.42 Å². The third-order valence-electron chi connectivity index (χ3n) is 3.80. The van der Waals surface area contributed by atoms with Gasteiger partial charge < -0.3 is 10.0 Å². The predicted octanol–water partition coefficient (Wildman–Crippen LogP) is 2.05. The molecule has 0 aliphatic carbocycles. The summed E-state index contributed by atoms with van der Waals surface area (Å²) in [5.74, 6) is -1.20. The SMILES string of the molecule is O=C(O)C1CCN(c2ccnc3c([N+](=O)[O-])cccc23)C1. The lowest BCUT2D eigenvalue weighted by molar-refractivity contribution is -0.383. The zero-order chi connectivity index (χ0) is 15.0. The smallest absolute Gasteiger partial charge is 0.308 e. The van der Waals surface area contributed by atoms with Gasteiger partial charge in [0.15, 0.2) is 0 Å². The molecular weight excluding hydrogens is 274 g/mol. The van der Waals surface area contributed by atoms with E-state index >= 15 is 0 Å². The van der Waals surface area contributed by atoms with Crippen molar-refractivity contribution in [3.05, 3.63) is 40.6 Å². The van der Waals surface area contributed by atoms with Gasteiger partial charge in [-0.15, -0.1) is 0 Å². The first-order valence-electron chi connectivity index (χ1n) is 6.58. The van der Waals surface area contributed by atoms with E-state index in [2.05, 4.69) is 4.98 Å². The second-order valence-corrected chi connectivity index (χ2v) is 5.03. The van der Waals surface area contributed by atoms with Crippen molar-refractivity contribution in [2.75, 3.05) is 18.0 Å². The van der Waals surface area contributed by atoms with Crippen LogP contribution in [-0.2, 0) is 4.79 Å². The third kappa shape index (κ3) is 2.26. The molecule has 1 aliphatic heterocycles. The minimum Gasteiger partial charge on any atom is -0.481 e. The molecule has 0 radical (unpaired) electrons. The molecule has 1 aromatic carbocycles. The number of pyridine rings is 1. The van der Waals surface area contributed by atoms with Crippen LogP contribution in [0.15, 0.2) is 30.5 Å². The molecule has 3 rings (SSSR count). The Balaban J connectivity index is 2.06. The van der Waals surface area contributed by atoms with Crippen molar-refractivity contribution in [3.8, 4) is 0 Å². The lowest BCUT2D eigenvalue weighted by Gasteiger charge is -2.19. The summed E-state index contributed by atoms with van der Waals surface area (Å²) >= 11 is 0. The number of nitro groups is 1. The number of aliphatic carboxylic acids is 1. The number of anilines is 1. The highest BCUT2D eigenvalue weighted by Crippen LogP contribution is 2.33. The summed E-state index contributed by atoms with van der Waals surface area (Å²) in [6, 6.07) is 6.59. The highest BCUT2D eigenvalue weighted by atomic mass is 16.6. The van der Waals surface area contributed by atoms with Crippen LogP contribution in [0.4, 0.5) is 11.4 Å². The number of benzene rings is 1. The molecule has 1 N–H and O–H groups in total. The summed E-state index contributed by atoms with van der Waals surface area (Å²) in [5, 5.41) is 20.8. The molecule has 7 heteroatoms. The molecule has 0 amide bonds. The number of nitrogens with zero attached hydrogens (tertiary/aromatic N) is 3. The Hall–Kier alpha value is -2.70. The molecule has 0 bridgehead atoms. The normalized spacial score (nSPS) is 18.1. The van der Waals surface area contributed by atoms with Crippen molar-refractivity contribution >= 4 is 28.2 Å². The van der Waals surface area contributed by atoms with Crippen LogP contribution in [0.1, 0.15) is 6.42 Å². The Morgan fingerprint density at radius 2 is 2.24 bits per heavy atom. The first-order valence-corrected chi connectivity index (χ1v) is 6.58. The van der Waals surface area contributed by atoms with Crippen LogP contribution >= 0.6 is 0 Å². The molecule has 1 fully saturated rings. The number of rotatable bonds is 3. The molecule has 7 nitrogen and oxygen atoms in total. The van der Waals surface area contributed by atoms with Gasteiger partial charge in [-0.3, -0.25) is 14.9 Å². The largest absolute Gasteiger partial charge is 0.481 e. The van der Waals surface area contributed by atoms with Crippen molar-refractivity contribution in [2.24, 2.45) is 5.92 Å². The second-order valence-electron chi connectivity index (χ2n) is 5.03. The van der Waals surface area contributed by atoms with Gasteiger partial charge in [-0.1, -0.05) is 12.1 Å². The number of carboxylic acids is 1. The van der Waals surface area contributed by atoms with Gasteiger partial charge in [0.2, 0.25) is 0 Å². The van der Waals surface area contributed by atoms with Gasteiger partial charge in [-0.25, -0.2) is 4.98 Å². The molecular formula is C14H13N3O4. The summed E-state index contributed by atoms with van der Waals surface area (Å²) in [5.41, 5.74) is 1.09. The molecule has 0 saturated carbocycles. The maximum atomic E-state index is 11.1. The molecule has 0 spiro atoms. The number of nitro benzene ring substituents is 1. The third-order valence-corrected chi connectivity index (χ3v) is 3.80. The van der Waals surface area contributed by atoms with Crippen LogP contribution in [0, 0.1) is 16.0 Å². The fraction of sp³-hybridized carbons (Fsp3) is 0.286. The average Bonchev–Trinajstić information content (AvgIpc) is 2.95. The van der Waals surface area contributed by atoms with Gasteiger partial charge in [-0.05, 0) is 12.5 Å². The van der Waals surface area contributed by atoms with Gasteiger partial charge in [-0.2, -0.15) is 0 Å². The second kappa shape index (κ2) is 5.01. The van der Waals surface area contributed by atoms with Crippen LogP contribution in [0.25, 0.3) is 10.9 Å². The number of aromatic nitrogens is 1. The van der Waals surface area contributed by atoms with Crippen LogP contribution in [0.3, 0.4) is 0 Å². The molecule has 1 atom stereocenters. The van der Waals surface area contributed by atoms with E-state index < -0.39 is 16.8 Å². The maximum absolute atomic E-state index is 11.1. The van der Waals surface area contributed by atoms with Gasteiger partial charge >= 0.3 is 5.97 Å². The number of carbonyl (C=O) groups is 1. The Kier molecular flexibility index (Phi) is 3.17. The fourth-order valence-electron chi connectivity index (χ4n) is 2.75. The van der Waals surface area contributed by atoms with E-state index in [-0.39, 0.29) is 5.69 Å². The van der Waals surface area contributed by atoms with Crippen molar-refractivity contribution in [3.63, 3.8) is 0 Å². The highest BCUT2D eigenvalue weighted by Gasteiger charge is 2.29. The van der Waals surface area contributed by atoms with E-state index in [1.165, 1.54) is 12.3 Å². The first kappa shape index (κ1) is 13.3. The molecule has 1 unspecified atom stereocenters. The van der Waals surface area contributed by atoms with Gasteiger partial charge in [0.05, 0.1) is 10.8 Å². The number of non-ortho nitro benzene ring substituents is 1. The van der Waals surface area contributed by atoms with Gasteiger partial charge in [0, 0.05) is 36.4 Å². The predicted molar refractivity (Wildman–Crippen MR) is 76.4 cm³/mol. The zero-order valence-electron chi connectivity index (χ0n) is 11.1. The number of fused-ring (bicyclic) bond motifs is 1. The minimum atomic E-state index is -0.804. The topological polar surface area (TPSA) is 96.6 Å². The Morgan fingerprint density at radius 3 is 2.90 bits per heavy atom. The Bertz CT molecular complexity index is 731. The van der Waals surface area contributed by atoms with Crippen LogP contribution < -0.4 is 4.90 Å². The molecule has 1 aromatic heterocycles. The summed E-state index contributed by atoms with van der Waals surface area (Å²) in [4.78, 5) is 27.7. The zero-order valence-corrected chi connectivity index (χ0v) is 11.1. The van der Waals surface area contributed by atoms with Crippen LogP contribution in [0.5, 0.6) is 0 Å². The van der Waals surface area contributed by atoms with E-state index in [0.29, 0.717) is 30.4 Å². The average molecular weight is 287 g/mol. The number of hydrogen-bond acceptors (Lipinski definition) is 5. The highest BCUT2D eigenvalue weighted by molar-refractivity contribution is 5.97. The molecule has 2 heterocycles. The molecule has 21 heavy (non-hydrogen) atoms. The van der Waals surface area contributed by atoms with Crippen molar-refractivity contribution < 1.29 is 14.8 Å². The van der Waals surface area contributed by atoms with E-state index in [0.717, 1.165) is 5.69 Å². The summed E-state index contributed by atoms with van der Waals surface area (Å²) < 4.78 is 0. The van der Waals surface area contributed by atoms with E-state index in [1.807, 2.05) is 4.90 Å². The number of carboxylic acid groups (broad SMARTS) is 1. The molecule has 108 valence electrons. The maximum Gasteiger partial charge on any atom is 0.308 e. The van der Waals surface area contributed by atoms with Crippen molar-refractivity contribution in [1.29, 1.82) is 0 Å². The summed E-state index contributed by atoms with van der Waals surface area (Å²) in [6.45, 7) is 1.04. The minimum absolute atomic E-state index is 0.0386. The fourth-order valence-corrected chi connectivity index (χ4v) is 2.75. The Morgan fingerprint density at radius 1 is 1.43 bits per heavy atom. The lowest BCUT2D eigenvalue weighted by atomic mass is 10.1. The molecule has 2 aromatic rings. The summed E-state index contributed by atoms with van der Waals surface area (Å²) in [6.07, 6.45) is 2.10. The molecule has 1 aliphatic rings. The first-order chi connectivity index (χ1) is 10.1. The Labute approximate surface area is 120 Å². The summed E-state index contributed by atoms with van der Waals surface area (Å²) in [7, 11) is 0. The van der Waals surface area contributed by atoms with Gasteiger partial charge in [0.1, 0.15) is 5.52 Å².